The maximum Gasteiger partial charge on any atom is 0.288 e. The quantitative estimate of drug-likeness (QED) is 0.247. The van der Waals surface area contributed by atoms with Crippen LogP contribution in [0.25, 0.3) is 17.4 Å². The smallest absolute Gasteiger partial charge is 0.288 e. The van der Waals surface area contributed by atoms with Gasteiger partial charge in [-0.3, -0.25) is 14.9 Å². The molecule has 0 atom stereocenters. The van der Waals surface area contributed by atoms with E-state index >= 15 is 0 Å². The van der Waals surface area contributed by atoms with Gasteiger partial charge in [-0.25, -0.2) is 0 Å². The van der Waals surface area contributed by atoms with Gasteiger partial charge in [-0.15, -0.1) is 0 Å². The Kier molecular flexibility index (Phi) is 6.00. The van der Waals surface area contributed by atoms with Gasteiger partial charge in [0.2, 0.25) is 0 Å². The second-order valence-electron chi connectivity index (χ2n) is 6.55. The van der Waals surface area contributed by atoms with Crippen LogP contribution in [0.15, 0.2) is 58.5 Å². The largest absolute Gasteiger partial charge is 0.457 e. The first-order valence-corrected chi connectivity index (χ1v) is 9.21. The summed E-state index contributed by atoms with van der Waals surface area (Å²) < 4.78 is 5.64. The molecule has 0 aliphatic rings. The number of carbonyl (C=O) groups excluding carboxylic acids is 1. The van der Waals surface area contributed by atoms with Crippen molar-refractivity contribution in [2.75, 3.05) is 5.32 Å². The summed E-state index contributed by atoms with van der Waals surface area (Å²) in [4.78, 5) is 22.9. The molecule has 3 aromatic rings. The molecule has 0 saturated heterocycles. The fourth-order valence-corrected chi connectivity index (χ4v) is 2.89. The molecule has 1 aromatic heterocycles. The molecule has 0 fully saturated rings. The lowest BCUT2D eigenvalue weighted by atomic mass is 10.1. The molecule has 8 heteroatoms. The van der Waals surface area contributed by atoms with E-state index in [4.69, 9.17) is 16.0 Å². The van der Waals surface area contributed by atoms with Crippen molar-refractivity contribution in [1.82, 2.24) is 0 Å². The van der Waals surface area contributed by atoms with Crippen LogP contribution in [0.2, 0.25) is 5.02 Å². The topological polar surface area (TPSA) is 109 Å². The molecule has 1 N–H and O–H groups in total. The molecular weight excluding hydrogens is 406 g/mol. The summed E-state index contributed by atoms with van der Waals surface area (Å²) in [7, 11) is 0. The van der Waals surface area contributed by atoms with Crippen molar-refractivity contribution < 1.29 is 14.1 Å². The van der Waals surface area contributed by atoms with Crippen molar-refractivity contribution in [3.05, 3.63) is 86.1 Å². The highest BCUT2D eigenvalue weighted by molar-refractivity contribution is 6.32. The van der Waals surface area contributed by atoms with Gasteiger partial charge in [0.1, 0.15) is 28.2 Å². The number of carbonyl (C=O) groups is 1. The van der Waals surface area contributed by atoms with Gasteiger partial charge in [0.05, 0.1) is 4.92 Å². The van der Waals surface area contributed by atoms with E-state index in [1.54, 1.807) is 24.3 Å². The zero-order chi connectivity index (χ0) is 21.8. The molecule has 150 valence electrons. The molecule has 0 unspecified atom stereocenters. The summed E-state index contributed by atoms with van der Waals surface area (Å²) in [6.45, 7) is 3.89. The van der Waals surface area contributed by atoms with E-state index in [2.05, 4.69) is 5.32 Å². The van der Waals surface area contributed by atoms with Crippen molar-refractivity contribution in [1.29, 1.82) is 5.26 Å². The fraction of sp³-hybridized carbons (Fsp3) is 0.0909. The van der Waals surface area contributed by atoms with Crippen LogP contribution in [-0.2, 0) is 4.79 Å². The van der Waals surface area contributed by atoms with Crippen LogP contribution in [0.5, 0.6) is 0 Å². The Morgan fingerprint density at radius 2 is 1.93 bits per heavy atom. The summed E-state index contributed by atoms with van der Waals surface area (Å²) in [5, 5.41) is 23.1. The second-order valence-corrected chi connectivity index (χ2v) is 6.96. The van der Waals surface area contributed by atoms with Gasteiger partial charge < -0.3 is 9.73 Å². The number of amides is 1. The third kappa shape index (κ3) is 4.57. The summed E-state index contributed by atoms with van der Waals surface area (Å²) in [6.07, 6.45) is 1.31. The Bertz CT molecular complexity index is 1220. The van der Waals surface area contributed by atoms with E-state index in [1.165, 1.54) is 18.2 Å². The normalized spacial score (nSPS) is 11.1. The Balaban J connectivity index is 1.84. The first kappa shape index (κ1) is 20.8. The van der Waals surface area contributed by atoms with Crippen molar-refractivity contribution in [3.8, 4) is 17.4 Å². The molecule has 0 saturated carbocycles. The van der Waals surface area contributed by atoms with Gasteiger partial charge in [-0.2, -0.15) is 5.26 Å². The van der Waals surface area contributed by atoms with E-state index in [0.29, 0.717) is 17.0 Å². The van der Waals surface area contributed by atoms with Gasteiger partial charge in [0.25, 0.3) is 11.6 Å². The summed E-state index contributed by atoms with van der Waals surface area (Å²) in [6, 6.07) is 14.8. The van der Waals surface area contributed by atoms with Gasteiger partial charge in [-0.05, 0) is 61.4 Å². The van der Waals surface area contributed by atoms with Crippen molar-refractivity contribution >= 4 is 35.0 Å². The highest BCUT2D eigenvalue weighted by atomic mass is 35.5. The lowest BCUT2D eigenvalue weighted by Crippen LogP contribution is -2.13. The van der Waals surface area contributed by atoms with Gasteiger partial charge >= 0.3 is 0 Å². The first-order chi connectivity index (χ1) is 14.3. The molecule has 30 heavy (non-hydrogen) atoms. The van der Waals surface area contributed by atoms with Crippen LogP contribution in [0.3, 0.4) is 0 Å². The number of nitriles is 1. The molecule has 0 aliphatic heterocycles. The Hall–Kier alpha value is -3.89. The molecule has 0 radical (unpaired) electrons. The number of benzene rings is 2. The van der Waals surface area contributed by atoms with Crippen LogP contribution in [0, 0.1) is 35.3 Å². The molecule has 1 heterocycles. The number of nitro benzene ring substituents is 1. The van der Waals surface area contributed by atoms with Crippen molar-refractivity contribution in [3.63, 3.8) is 0 Å². The number of nitrogens with zero attached hydrogens (tertiary/aromatic N) is 2. The minimum Gasteiger partial charge on any atom is -0.457 e. The van der Waals surface area contributed by atoms with Crippen molar-refractivity contribution in [2.45, 2.75) is 13.8 Å². The van der Waals surface area contributed by atoms with Crippen LogP contribution >= 0.6 is 11.6 Å². The number of aryl methyl sites for hydroxylation is 2. The monoisotopic (exact) mass is 421 g/mol. The predicted octanol–water partition coefficient (Wildman–Crippen LogP) is 5.67. The molecule has 0 aliphatic carbocycles. The Morgan fingerprint density at radius 1 is 1.17 bits per heavy atom. The van der Waals surface area contributed by atoms with Crippen molar-refractivity contribution in [2.24, 2.45) is 0 Å². The highest BCUT2D eigenvalue weighted by Crippen LogP contribution is 2.31. The second kappa shape index (κ2) is 8.64. The maximum absolute atomic E-state index is 12.4. The average Bonchev–Trinajstić information content (AvgIpc) is 3.17. The summed E-state index contributed by atoms with van der Waals surface area (Å²) in [5.41, 5.74) is 2.75. The maximum atomic E-state index is 12.4. The molecule has 0 bridgehead atoms. The number of halogens is 1. The molecule has 2 aromatic carbocycles. The minimum atomic E-state index is -0.583. The van der Waals surface area contributed by atoms with E-state index in [0.717, 1.165) is 11.1 Å². The van der Waals surface area contributed by atoms with Crippen LogP contribution < -0.4 is 5.32 Å². The van der Waals surface area contributed by atoms with Crippen LogP contribution in [0.1, 0.15) is 16.9 Å². The number of anilines is 1. The van der Waals surface area contributed by atoms with Crippen LogP contribution in [0.4, 0.5) is 11.4 Å². The summed E-state index contributed by atoms with van der Waals surface area (Å²) >= 11 is 5.83. The van der Waals surface area contributed by atoms with E-state index < -0.39 is 10.8 Å². The fourth-order valence-electron chi connectivity index (χ4n) is 2.70. The van der Waals surface area contributed by atoms with Gasteiger partial charge in [-0.1, -0.05) is 17.7 Å². The third-order valence-electron chi connectivity index (χ3n) is 4.47. The minimum absolute atomic E-state index is 0.0187. The standard InChI is InChI=1S/C22H16ClN3O4/c1-13-3-5-17(9-14(13)2)25-22(27)16(12-24)10-18-6-8-21(30-18)15-4-7-19(23)20(11-15)26(28)29/h3-11H,1-2H3,(H,25,27)/b16-10+. The highest BCUT2D eigenvalue weighted by Gasteiger charge is 2.16. The Morgan fingerprint density at radius 3 is 2.60 bits per heavy atom. The number of hydrogen-bond donors (Lipinski definition) is 1. The molecule has 1 amide bonds. The van der Waals surface area contributed by atoms with E-state index in [1.807, 2.05) is 32.0 Å². The molecular formula is C22H16ClN3O4. The van der Waals surface area contributed by atoms with Gasteiger partial charge in [0.15, 0.2) is 0 Å². The number of furan rings is 1. The van der Waals surface area contributed by atoms with E-state index in [9.17, 15) is 20.2 Å². The zero-order valence-electron chi connectivity index (χ0n) is 16.1. The zero-order valence-corrected chi connectivity index (χ0v) is 16.9. The van der Waals surface area contributed by atoms with Crippen LogP contribution in [-0.4, -0.2) is 10.8 Å². The SMILES string of the molecule is Cc1ccc(NC(=O)/C(C#N)=C/c2ccc(-c3ccc(Cl)c([N+](=O)[O-])c3)o2)cc1C. The predicted molar refractivity (Wildman–Crippen MR) is 114 cm³/mol. The Labute approximate surface area is 177 Å². The molecule has 0 spiro atoms. The number of nitrogens with one attached hydrogen (secondary N) is 1. The number of nitro groups is 1. The molecule has 7 nitrogen and oxygen atoms in total. The number of hydrogen-bond acceptors (Lipinski definition) is 5. The lowest BCUT2D eigenvalue weighted by molar-refractivity contribution is -0.384. The number of rotatable bonds is 5. The van der Waals surface area contributed by atoms with Gasteiger partial charge in [0, 0.05) is 23.4 Å². The lowest BCUT2D eigenvalue weighted by Gasteiger charge is -2.06. The summed E-state index contributed by atoms with van der Waals surface area (Å²) in [5.74, 6) is 0.0306. The third-order valence-corrected chi connectivity index (χ3v) is 4.79. The molecule has 3 rings (SSSR count). The average molecular weight is 422 g/mol. The first-order valence-electron chi connectivity index (χ1n) is 8.83. The van der Waals surface area contributed by atoms with E-state index in [-0.39, 0.29) is 22.0 Å².